The lowest BCUT2D eigenvalue weighted by molar-refractivity contribution is 1.08. The van der Waals surface area contributed by atoms with E-state index in [1.54, 1.807) is 0 Å². The second kappa shape index (κ2) is 16.6. The normalized spacial score (nSPS) is 11.7. The van der Waals surface area contributed by atoms with Gasteiger partial charge in [-0.2, -0.15) is 0 Å². The largest absolute Gasteiger partial charge is 0.309 e. The fourth-order valence-electron chi connectivity index (χ4n) is 10.8. The summed E-state index contributed by atoms with van der Waals surface area (Å²) in [6.45, 7) is 0. The van der Waals surface area contributed by atoms with Crippen molar-refractivity contribution in [3.63, 3.8) is 0 Å². The SMILES string of the molecule is c1ccc(-c2cccc(-c3ccc4c(-c5nc(-c6ccccc6)nc(-c6cccc7ccccc67)n5)c(-c5ccccc5)cc(-n5c6cc7ccccc7cc6c6cc7ccccc7cc65)c4c3)c2)cc1. The van der Waals surface area contributed by atoms with Crippen molar-refractivity contribution in [2.24, 2.45) is 0 Å². The summed E-state index contributed by atoms with van der Waals surface area (Å²) in [5.41, 5.74) is 12.9. The molecule has 0 radical (unpaired) electrons. The molecule has 0 spiro atoms. The first-order valence-electron chi connectivity index (χ1n) is 24.2. The van der Waals surface area contributed by atoms with Crippen molar-refractivity contribution in [1.82, 2.24) is 19.5 Å². The van der Waals surface area contributed by atoms with Gasteiger partial charge in [-0.3, -0.25) is 0 Å². The van der Waals surface area contributed by atoms with Crippen molar-refractivity contribution < 1.29 is 0 Å². The van der Waals surface area contributed by atoms with Crippen LogP contribution >= 0.6 is 0 Å². The maximum absolute atomic E-state index is 5.54. The molecule has 0 aliphatic carbocycles. The van der Waals surface area contributed by atoms with Gasteiger partial charge in [0.15, 0.2) is 17.5 Å². The fourth-order valence-corrected chi connectivity index (χ4v) is 10.8. The van der Waals surface area contributed by atoms with Crippen LogP contribution in [0.3, 0.4) is 0 Å². The lowest BCUT2D eigenvalue weighted by atomic mass is 9.90. The Morgan fingerprint density at radius 2 is 0.718 bits per heavy atom. The minimum atomic E-state index is 0.607. The van der Waals surface area contributed by atoms with Crippen molar-refractivity contribution in [3.05, 3.63) is 255 Å². The highest BCUT2D eigenvalue weighted by Gasteiger charge is 2.24. The molecule has 0 unspecified atom stereocenters. The quantitative estimate of drug-likeness (QED) is 0.160. The molecule has 0 amide bonds. The molecule has 0 N–H and O–H groups in total. The summed E-state index contributed by atoms with van der Waals surface area (Å²) in [4.78, 5) is 16.3. The molecule has 4 nitrogen and oxygen atoms in total. The molecule has 14 rings (SSSR count). The molecule has 0 fully saturated rings. The maximum atomic E-state index is 5.54. The third-order valence-electron chi connectivity index (χ3n) is 14.2. The highest BCUT2D eigenvalue weighted by Crippen LogP contribution is 2.46. The first-order chi connectivity index (χ1) is 35.2. The van der Waals surface area contributed by atoms with E-state index in [1.807, 2.05) is 18.2 Å². The highest BCUT2D eigenvalue weighted by molar-refractivity contribution is 6.18. The number of fused-ring (bicyclic) bond motifs is 7. The Hall–Kier alpha value is -9.51. The predicted molar refractivity (Wildman–Crippen MR) is 297 cm³/mol. The summed E-state index contributed by atoms with van der Waals surface area (Å²) in [5, 5.41) is 11.6. The number of rotatable bonds is 7. The van der Waals surface area contributed by atoms with Gasteiger partial charge in [-0.1, -0.05) is 212 Å². The summed E-state index contributed by atoms with van der Waals surface area (Å²) in [7, 11) is 0. The van der Waals surface area contributed by atoms with Gasteiger partial charge in [-0.25, -0.2) is 15.0 Å². The molecule has 0 saturated carbocycles. The van der Waals surface area contributed by atoms with Gasteiger partial charge in [-0.15, -0.1) is 0 Å². The third-order valence-corrected chi connectivity index (χ3v) is 14.2. The van der Waals surface area contributed by atoms with Crippen LogP contribution in [0.2, 0.25) is 0 Å². The van der Waals surface area contributed by atoms with Crippen LogP contribution in [0.4, 0.5) is 0 Å². The number of nitrogens with zero attached hydrogens (tertiary/aromatic N) is 4. The first-order valence-corrected chi connectivity index (χ1v) is 24.2. The fraction of sp³-hybridized carbons (Fsp3) is 0. The van der Waals surface area contributed by atoms with Crippen molar-refractivity contribution in [2.75, 3.05) is 0 Å². The second-order valence-corrected chi connectivity index (χ2v) is 18.4. The van der Waals surface area contributed by atoms with Gasteiger partial charge in [0.25, 0.3) is 0 Å². The Labute approximate surface area is 410 Å². The van der Waals surface area contributed by atoms with Gasteiger partial charge < -0.3 is 4.57 Å². The number of aromatic nitrogens is 4. The maximum Gasteiger partial charge on any atom is 0.165 e. The van der Waals surface area contributed by atoms with E-state index in [0.717, 1.165) is 77.2 Å². The van der Waals surface area contributed by atoms with E-state index in [0.29, 0.717) is 17.5 Å². The molecule has 0 aliphatic rings. The topological polar surface area (TPSA) is 43.6 Å². The Bertz CT molecular complexity index is 4290. The monoisotopic (exact) mass is 902 g/mol. The first kappa shape index (κ1) is 40.5. The van der Waals surface area contributed by atoms with Crippen LogP contribution < -0.4 is 0 Å². The molecule has 0 saturated heterocycles. The van der Waals surface area contributed by atoms with Crippen molar-refractivity contribution >= 4 is 64.9 Å². The van der Waals surface area contributed by atoms with Gasteiger partial charge in [-0.05, 0) is 114 Å². The summed E-state index contributed by atoms with van der Waals surface area (Å²) >= 11 is 0. The van der Waals surface area contributed by atoms with E-state index in [1.165, 1.54) is 43.4 Å². The van der Waals surface area contributed by atoms with Crippen LogP contribution in [-0.2, 0) is 0 Å². The lowest BCUT2D eigenvalue weighted by Gasteiger charge is -2.20. The zero-order chi connectivity index (χ0) is 46.8. The van der Waals surface area contributed by atoms with Crippen LogP contribution in [0.25, 0.3) is 138 Å². The van der Waals surface area contributed by atoms with Crippen LogP contribution in [0, 0.1) is 0 Å². The summed E-state index contributed by atoms with van der Waals surface area (Å²) < 4.78 is 2.51. The molecule has 4 heteroatoms. The number of hydrogen-bond donors (Lipinski definition) is 0. The molecular formula is C67H42N4. The van der Waals surface area contributed by atoms with Crippen molar-refractivity contribution in [1.29, 1.82) is 0 Å². The van der Waals surface area contributed by atoms with E-state index in [-0.39, 0.29) is 0 Å². The molecule has 71 heavy (non-hydrogen) atoms. The summed E-state index contributed by atoms with van der Waals surface area (Å²) in [6, 6.07) is 91.6. The molecule has 12 aromatic carbocycles. The minimum Gasteiger partial charge on any atom is -0.309 e. The van der Waals surface area contributed by atoms with Gasteiger partial charge in [0.05, 0.1) is 16.7 Å². The Balaban J connectivity index is 1.13. The summed E-state index contributed by atoms with van der Waals surface area (Å²) in [5.74, 6) is 1.85. The molecule has 2 aromatic heterocycles. The molecule has 0 aliphatic heterocycles. The summed E-state index contributed by atoms with van der Waals surface area (Å²) in [6.07, 6.45) is 0. The third kappa shape index (κ3) is 6.96. The lowest BCUT2D eigenvalue weighted by Crippen LogP contribution is -2.04. The molecule has 0 bridgehead atoms. The number of hydrogen-bond acceptors (Lipinski definition) is 3. The van der Waals surface area contributed by atoms with Crippen LogP contribution in [0.15, 0.2) is 255 Å². The Morgan fingerprint density at radius 1 is 0.239 bits per heavy atom. The van der Waals surface area contributed by atoms with E-state index in [4.69, 9.17) is 15.0 Å². The predicted octanol–water partition coefficient (Wildman–Crippen LogP) is 17.6. The van der Waals surface area contributed by atoms with Crippen molar-refractivity contribution in [2.45, 2.75) is 0 Å². The molecule has 0 atom stereocenters. The van der Waals surface area contributed by atoms with Crippen LogP contribution in [0.1, 0.15) is 0 Å². The van der Waals surface area contributed by atoms with E-state index in [2.05, 4.69) is 241 Å². The van der Waals surface area contributed by atoms with Gasteiger partial charge in [0.1, 0.15) is 0 Å². The average Bonchev–Trinajstić information content (AvgIpc) is 3.75. The second-order valence-electron chi connectivity index (χ2n) is 18.4. The van der Waals surface area contributed by atoms with Gasteiger partial charge in [0, 0.05) is 32.8 Å². The Kier molecular flexibility index (Phi) is 9.49. The molecule has 14 aromatic rings. The minimum absolute atomic E-state index is 0.607. The van der Waals surface area contributed by atoms with Gasteiger partial charge in [0.2, 0.25) is 0 Å². The van der Waals surface area contributed by atoms with E-state index < -0.39 is 0 Å². The van der Waals surface area contributed by atoms with Crippen LogP contribution in [0.5, 0.6) is 0 Å². The Morgan fingerprint density at radius 3 is 1.38 bits per heavy atom. The average molecular weight is 903 g/mol. The smallest absolute Gasteiger partial charge is 0.165 e. The van der Waals surface area contributed by atoms with Crippen LogP contribution in [-0.4, -0.2) is 19.5 Å². The van der Waals surface area contributed by atoms with Gasteiger partial charge >= 0.3 is 0 Å². The highest BCUT2D eigenvalue weighted by atomic mass is 15.0. The molecule has 2 heterocycles. The van der Waals surface area contributed by atoms with E-state index >= 15 is 0 Å². The standard InChI is InChI=1S/C67H42N4/c1-4-18-43(19-5-1)47-30-16-31-48(36-47)53-34-35-55-58(39-53)63(71-61-40-51-27-12-10-25-49(51)37-59(61)60-38-50-26-11-13-28-52(50)41-62(60)71)42-57(45-20-6-2-7-21-45)64(55)67-69-65(46-23-8-3-9-24-46)68-66(70-67)56-33-17-29-44-22-14-15-32-54(44)56/h1-42H. The zero-order valence-corrected chi connectivity index (χ0v) is 38.5. The molecule has 330 valence electrons. The van der Waals surface area contributed by atoms with Crippen molar-refractivity contribution in [3.8, 4) is 73.2 Å². The molecular weight excluding hydrogens is 861 g/mol. The van der Waals surface area contributed by atoms with E-state index in [9.17, 15) is 0 Å². The zero-order valence-electron chi connectivity index (χ0n) is 38.5. The number of benzene rings is 12.